The molecule has 1 aromatic rings. The molecule has 0 aliphatic carbocycles. The van der Waals surface area contributed by atoms with E-state index in [1.165, 1.54) is 12.1 Å². The average Bonchev–Trinajstić information content (AvgIpc) is 2.04. The van der Waals surface area contributed by atoms with Crippen LogP contribution in [0.5, 0.6) is 0 Å². The fraction of sp³-hybridized carbons (Fsp3) is 0. The van der Waals surface area contributed by atoms with E-state index in [0.29, 0.717) is 0 Å². The van der Waals surface area contributed by atoms with Crippen LogP contribution in [0.2, 0.25) is 0 Å². The number of para-hydroxylation sites is 1. The second-order valence-corrected chi connectivity index (χ2v) is 2.22. The van der Waals surface area contributed by atoms with Crippen LogP contribution in [0.1, 0.15) is 0 Å². The van der Waals surface area contributed by atoms with Gasteiger partial charge in [-0.1, -0.05) is 18.2 Å². The average molecular weight is 218 g/mol. The number of carbonyl (C=O) groups is 1. The topological polar surface area (TPSA) is 89.5 Å². The van der Waals surface area contributed by atoms with Crippen molar-refractivity contribution in [1.82, 2.24) is 0 Å². The number of primary amides is 1. The molecular formula is C7H8ClN3O3. The molecule has 1 rings (SSSR count). The van der Waals surface area contributed by atoms with Gasteiger partial charge in [-0.05, 0) is 17.1 Å². The molecule has 0 unspecified atom stereocenters. The highest BCUT2D eigenvalue weighted by Gasteiger charge is 2.22. The molecule has 2 N–H and O–H groups in total. The fourth-order valence-corrected chi connectivity index (χ4v) is 0.871. The van der Waals surface area contributed by atoms with Crippen molar-refractivity contribution in [3.8, 4) is 0 Å². The molecule has 14 heavy (non-hydrogen) atoms. The van der Waals surface area contributed by atoms with Gasteiger partial charge in [0.1, 0.15) is 5.69 Å². The number of halogens is 1. The maximum atomic E-state index is 10.6. The summed E-state index contributed by atoms with van der Waals surface area (Å²) in [6, 6.07) is 6.57. The summed E-state index contributed by atoms with van der Waals surface area (Å²) < 4.78 is 0. The molecule has 2 amide bonds. The number of hydrazine groups is 1. The van der Waals surface area contributed by atoms with Gasteiger partial charge in [0.25, 0.3) is 0 Å². The van der Waals surface area contributed by atoms with Crippen LogP contribution in [-0.4, -0.2) is 11.1 Å². The third-order valence-corrected chi connectivity index (χ3v) is 1.37. The monoisotopic (exact) mass is 217 g/mol. The first-order chi connectivity index (χ1) is 6.13. The molecule has 6 nitrogen and oxygen atoms in total. The van der Waals surface area contributed by atoms with Gasteiger partial charge in [0.05, 0.1) is 0 Å². The Morgan fingerprint density at radius 3 is 2.21 bits per heavy atom. The summed E-state index contributed by atoms with van der Waals surface area (Å²) in [6.45, 7) is 0. The molecule has 0 radical (unpaired) electrons. The number of urea groups is 1. The van der Waals surface area contributed by atoms with Crippen molar-refractivity contribution in [2.24, 2.45) is 5.73 Å². The highest BCUT2D eigenvalue weighted by atomic mass is 35.5. The molecule has 0 saturated carbocycles. The number of anilines is 1. The maximum absolute atomic E-state index is 10.6. The Labute approximate surface area is 85.8 Å². The molecule has 0 aliphatic heterocycles. The molecule has 1 aromatic carbocycles. The minimum absolute atomic E-state index is 0. The first-order valence-electron chi connectivity index (χ1n) is 3.42. The molecule has 0 saturated heterocycles. The largest absolute Gasteiger partial charge is 0.378 e. The van der Waals surface area contributed by atoms with Gasteiger partial charge in [0.2, 0.25) is 0 Å². The maximum Gasteiger partial charge on any atom is 0.378 e. The van der Waals surface area contributed by atoms with Crippen LogP contribution in [-0.2, 0) is 0 Å². The van der Waals surface area contributed by atoms with Gasteiger partial charge in [-0.2, -0.15) is 0 Å². The second kappa shape index (κ2) is 5.03. The summed E-state index contributed by atoms with van der Waals surface area (Å²) in [6.07, 6.45) is 0. The Bertz CT molecular complexity index is 316. The van der Waals surface area contributed by atoms with Crippen molar-refractivity contribution in [2.45, 2.75) is 0 Å². The van der Waals surface area contributed by atoms with E-state index in [9.17, 15) is 14.9 Å². The normalized spacial score (nSPS) is 8.57. The number of hydrogen-bond acceptors (Lipinski definition) is 3. The summed E-state index contributed by atoms with van der Waals surface area (Å²) in [5.74, 6) is 0. The number of amides is 2. The van der Waals surface area contributed by atoms with E-state index in [1.807, 2.05) is 0 Å². The van der Waals surface area contributed by atoms with Gasteiger partial charge >= 0.3 is 6.03 Å². The van der Waals surface area contributed by atoms with Crippen molar-refractivity contribution in [3.63, 3.8) is 0 Å². The van der Waals surface area contributed by atoms with Crippen molar-refractivity contribution < 1.29 is 9.83 Å². The number of benzene rings is 1. The van der Waals surface area contributed by atoms with E-state index in [4.69, 9.17) is 5.73 Å². The minimum atomic E-state index is -1.11. The van der Waals surface area contributed by atoms with Crippen LogP contribution < -0.4 is 10.7 Å². The molecule has 0 aliphatic rings. The van der Waals surface area contributed by atoms with E-state index in [2.05, 4.69) is 0 Å². The lowest BCUT2D eigenvalue weighted by Gasteiger charge is -2.07. The standard InChI is InChI=1S/C7H7N3O3.ClH/c8-7(11)9(10(12)13)6-4-2-1-3-5-6;/h1-5H,(H2,8,11);1H. The minimum Gasteiger partial charge on any atom is -0.347 e. The lowest BCUT2D eigenvalue weighted by atomic mass is 10.3. The summed E-state index contributed by atoms with van der Waals surface area (Å²) in [5.41, 5.74) is 4.95. The summed E-state index contributed by atoms with van der Waals surface area (Å²) in [5, 5.41) is 9.79. The predicted octanol–water partition coefficient (Wildman–Crippen LogP) is 1.19. The van der Waals surface area contributed by atoms with Crippen LogP contribution in [0.4, 0.5) is 10.5 Å². The van der Waals surface area contributed by atoms with Gasteiger partial charge in [-0.3, -0.25) is 0 Å². The zero-order valence-electron chi connectivity index (χ0n) is 6.99. The van der Waals surface area contributed by atoms with Gasteiger partial charge in [-0.25, -0.2) is 14.9 Å². The SMILES string of the molecule is Cl.NC(=O)N(c1ccccc1)[N+](=O)[O-]. The molecule has 0 atom stereocenters. The fourth-order valence-electron chi connectivity index (χ4n) is 0.871. The zero-order chi connectivity index (χ0) is 9.84. The number of carbonyl (C=O) groups excluding carboxylic acids is 1. The highest BCUT2D eigenvalue weighted by Crippen LogP contribution is 2.12. The molecule has 0 bridgehead atoms. The van der Waals surface area contributed by atoms with E-state index in [0.717, 1.165) is 0 Å². The van der Waals surface area contributed by atoms with Crippen molar-refractivity contribution >= 4 is 24.1 Å². The van der Waals surface area contributed by atoms with Crippen LogP contribution in [0.15, 0.2) is 30.3 Å². The lowest BCUT2D eigenvalue weighted by Crippen LogP contribution is -2.40. The highest BCUT2D eigenvalue weighted by molar-refractivity contribution is 5.87. The first-order valence-corrected chi connectivity index (χ1v) is 3.42. The Kier molecular flexibility index (Phi) is 4.37. The Morgan fingerprint density at radius 2 is 1.86 bits per heavy atom. The number of rotatable bonds is 2. The van der Waals surface area contributed by atoms with E-state index >= 15 is 0 Å². The van der Waals surface area contributed by atoms with E-state index in [1.54, 1.807) is 18.2 Å². The van der Waals surface area contributed by atoms with Crippen molar-refractivity contribution in [2.75, 3.05) is 5.01 Å². The first kappa shape index (κ1) is 12.2. The number of hydrogen-bond donors (Lipinski definition) is 1. The van der Waals surface area contributed by atoms with Gasteiger partial charge in [-0.15, -0.1) is 12.4 Å². The Hall–Kier alpha value is -1.82. The number of nitrogens with zero attached hydrogens (tertiary/aromatic N) is 2. The summed E-state index contributed by atoms with van der Waals surface area (Å²) >= 11 is 0. The van der Waals surface area contributed by atoms with Crippen LogP contribution in [0.3, 0.4) is 0 Å². The second-order valence-electron chi connectivity index (χ2n) is 2.22. The molecule has 0 spiro atoms. The van der Waals surface area contributed by atoms with Gasteiger partial charge in [0, 0.05) is 0 Å². The molecule has 7 heteroatoms. The third kappa shape index (κ3) is 2.60. The Balaban J connectivity index is 0.00000169. The Morgan fingerprint density at radius 1 is 1.36 bits per heavy atom. The van der Waals surface area contributed by atoms with Gasteiger partial charge in [0.15, 0.2) is 5.03 Å². The number of nitro groups is 1. The number of nitrogens with two attached hydrogens (primary N) is 1. The smallest absolute Gasteiger partial charge is 0.347 e. The predicted molar refractivity (Wildman–Crippen MR) is 52.7 cm³/mol. The molecule has 76 valence electrons. The van der Waals surface area contributed by atoms with Crippen molar-refractivity contribution in [1.29, 1.82) is 0 Å². The van der Waals surface area contributed by atoms with E-state index in [-0.39, 0.29) is 23.1 Å². The third-order valence-electron chi connectivity index (χ3n) is 1.37. The van der Waals surface area contributed by atoms with Crippen molar-refractivity contribution in [3.05, 3.63) is 40.4 Å². The molecular weight excluding hydrogens is 210 g/mol. The van der Waals surface area contributed by atoms with Crippen LogP contribution in [0, 0.1) is 10.1 Å². The summed E-state index contributed by atoms with van der Waals surface area (Å²) in [4.78, 5) is 21.0. The molecule has 0 aromatic heterocycles. The molecule has 0 heterocycles. The lowest BCUT2D eigenvalue weighted by molar-refractivity contribution is -0.481. The van der Waals surface area contributed by atoms with Crippen LogP contribution in [0.25, 0.3) is 0 Å². The zero-order valence-corrected chi connectivity index (χ0v) is 7.81. The van der Waals surface area contributed by atoms with E-state index < -0.39 is 11.1 Å². The van der Waals surface area contributed by atoms with Gasteiger partial charge < -0.3 is 5.73 Å². The van der Waals surface area contributed by atoms with Crippen LogP contribution >= 0.6 is 12.4 Å². The molecule has 0 fully saturated rings. The summed E-state index contributed by atoms with van der Waals surface area (Å²) in [7, 11) is 0. The quantitative estimate of drug-likeness (QED) is 0.596.